The van der Waals surface area contributed by atoms with Gasteiger partial charge in [-0.15, -0.1) is 0 Å². The second-order valence-corrected chi connectivity index (χ2v) is 7.87. The average Bonchev–Trinajstić information content (AvgIpc) is 2.73. The molecule has 3 rings (SSSR count). The number of hydrogen-bond acceptors (Lipinski definition) is 11. The summed E-state index contributed by atoms with van der Waals surface area (Å²) in [5, 5.41) is 55.1. The first-order valence-electron chi connectivity index (χ1n) is 10.0. The minimum absolute atomic E-state index is 0. The summed E-state index contributed by atoms with van der Waals surface area (Å²) in [5.41, 5.74) is 0.0901. The van der Waals surface area contributed by atoms with E-state index in [9.17, 15) is 39.9 Å². The molecule has 2 heterocycles. The Labute approximate surface area is 215 Å². The number of amides is 1. The van der Waals surface area contributed by atoms with E-state index in [2.05, 4.69) is 5.32 Å². The molecule has 0 aliphatic carbocycles. The third-order valence-electron chi connectivity index (χ3n) is 5.38. The fourth-order valence-electron chi connectivity index (χ4n) is 3.78. The maximum atomic E-state index is 12.1. The zero-order valence-electron chi connectivity index (χ0n) is 18.8. The zero-order valence-corrected chi connectivity index (χ0v) is 20.8. The number of hydrogen-bond donors (Lipinski definition) is 5. The molecule has 1 amide bonds. The Bertz CT molecular complexity index is 1110. The van der Waals surface area contributed by atoms with Crippen molar-refractivity contribution >= 4 is 22.8 Å². The van der Waals surface area contributed by atoms with Crippen molar-refractivity contribution in [3.63, 3.8) is 0 Å². The molecule has 1 fully saturated rings. The predicted octanol–water partition coefficient (Wildman–Crippen LogP) is -5.70. The molecule has 34 heavy (non-hydrogen) atoms. The predicted molar refractivity (Wildman–Crippen MR) is 108 cm³/mol. The molecule has 5 N–H and O–H groups in total. The number of carbonyl (C=O) groups excluding carboxylic acids is 2. The molecule has 1 aromatic carbocycles. The smallest absolute Gasteiger partial charge is 0.543 e. The van der Waals surface area contributed by atoms with Crippen LogP contribution in [0.1, 0.15) is 18.9 Å². The topological polar surface area (TPSA) is 199 Å². The van der Waals surface area contributed by atoms with Crippen LogP contribution in [-0.4, -0.2) is 75.2 Å². The summed E-state index contributed by atoms with van der Waals surface area (Å²) in [6.45, 7) is 1.90. The second kappa shape index (κ2) is 11.1. The maximum absolute atomic E-state index is 12.1. The minimum Gasteiger partial charge on any atom is -0.543 e. The first-order chi connectivity index (χ1) is 15.5. The normalized spacial score (nSPS) is 26.2. The molecule has 13 heteroatoms. The first kappa shape index (κ1) is 28.2. The number of aryl methyl sites for hydroxylation is 1. The standard InChI is InChI=1S/C21H25NO11.Na/c1-9-5-16(27)31-15-6-11(3-4-12(9)15)32-21(20(29)30)7-13(25)17(22-10(2)24)19(33-21)18(28)14(26)8-23;/h3-6,13-14,17-19,23,25-26,28H,7-8H2,1-2H3,(H,22,24)(H,29,30);/q;+1/p-1/t13?,14?,17?,18?,19?,21-;/m1./s1. The van der Waals surface area contributed by atoms with Gasteiger partial charge in [0.1, 0.15) is 35.6 Å². The van der Waals surface area contributed by atoms with Crippen LogP contribution in [0.15, 0.2) is 33.5 Å². The Balaban J connectivity index is 0.00000408. The van der Waals surface area contributed by atoms with Crippen molar-refractivity contribution in [2.24, 2.45) is 0 Å². The number of aliphatic hydroxyl groups excluding tert-OH is 4. The summed E-state index contributed by atoms with van der Waals surface area (Å²) < 4.78 is 16.1. The minimum atomic E-state index is -2.66. The van der Waals surface area contributed by atoms with Crippen LogP contribution >= 0.6 is 0 Å². The maximum Gasteiger partial charge on any atom is 1.00 e. The van der Waals surface area contributed by atoms with E-state index in [1.807, 2.05) is 0 Å². The molecule has 0 spiro atoms. The number of carboxylic acid groups (broad SMARTS) is 1. The zero-order chi connectivity index (χ0) is 24.5. The van der Waals surface area contributed by atoms with Gasteiger partial charge < -0.3 is 49.5 Å². The Morgan fingerprint density at radius 2 is 2.00 bits per heavy atom. The number of aliphatic carboxylic acids is 1. The molecule has 1 aromatic heterocycles. The van der Waals surface area contributed by atoms with E-state index in [1.165, 1.54) is 24.3 Å². The van der Waals surface area contributed by atoms with E-state index >= 15 is 0 Å². The van der Waals surface area contributed by atoms with Gasteiger partial charge in [-0.3, -0.25) is 4.79 Å². The van der Waals surface area contributed by atoms with E-state index in [-0.39, 0.29) is 40.9 Å². The first-order valence-corrected chi connectivity index (χ1v) is 10.0. The molecule has 0 radical (unpaired) electrons. The molecule has 1 aliphatic heterocycles. The van der Waals surface area contributed by atoms with Crippen LogP contribution < -0.4 is 50.3 Å². The quantitative estimate of drug-likeness (QED) is 0.183. The number of benzene rings is 1. The summed E-state index contributed by atoms with van der Waals surface area (Å²) in [5.74, 6) is -5.32. The van der Waals surface area contributed by atoms with Gasteiger partial charge in [-0.2, -0.15) is 0 Å². The van der Waals surface area contributed by atoms with E-state index < -0.39 is 66.8 Å². The molecule has 6 atom stereocenters. The molecule has 1 aliphatic rings. The van der Waals surface area contributed by atoms with E-state index in [0.717, 1.165) is 6.92 Å². The van der Waals surface area contributed by atoms with Gasteiger partial charge >= 0.3 is 35.2 Å². The summed E-state index contributed by atoms with van der Waals surface area (Å²) in [6, 6.07) is 4.09. The Hall–Kier alpha value is -2.03. The molecule has 180 valence electrons. The largest absolute Gasteiger partial charge is 1.00 e. The number of rotatable bonds is 7. The molecular weight excluding hydrogens is 465 g/mol. The van der Waals surface area contributed by atoms with Gasteiger partial charge in [0.05, 0.1) is 18.8 Å². The van der Waals surface area contributed by atoms with Crippen LogP contribution in [0.2, 0.25) is 0 Å². The van der Waals surface area contributed by atoms with E-state index in [1.54, 1.807) is 6.92 Å². The summed E-state index contributed by atoms with van der Waals surface area (Å²) >= 11 is 0. The van der Waals surface area contributed by atoms with Crippen LogP contribution in [0.3, 0.4) is 0 Å². The van der Waals surface area contributed by atoms with Crippen molar-refractivity contribution in [1.29, 1.82) is 0 Å². The van der Waals surface area contributed by atoms with Crippen LogP contribution in [0, 0.1) is 6.92 Å². The second-order valence-electron chi connectivity index (χ2n) is 7.87. The van der Waals surface area contributed by atoms with Gasteiger partial charge in [0.25, 0.3) is 5.79 Å². The number of fused-ring (bicyclic) bond motifs is 1. The van der Waals surface area contributed by atoms with Gasteiger partial charge in [-0.1, -0.05) is 0 Å². The van der Waals surface area contributed by atoms with Gasteiger partial charge in [-0.25, -0.2) is 4.79 Å². The fourth-order valence-corrected chi connectivity index (χ4v) is 3.78. The monoisotopic (exact) mass is 489 g/mol. The Morgan fingerprint density at radius 3 is 2.59 bits per heavy atom. The number of carboxylic acids is 1. The van der Waals surface area contributed by atoms with E-state index in [0.29, 0.717) is 10.9 Å². The average molecular weight is 489 g/mol. The molecular formula is C21H24NNaO11. The Morgan fingerprint density at radius 1 is 1.32 bits per heavy atom. The van der Waals surface area contributed by atoms with E-state index in [4.69, 9.17) is 13.9 Å². The van der Waals surface area contributed by atoms with Gasteiger partial charge in [0, 0.05) is 30.9 Å². The van der Waals surface area contributed by atoms with Crippen LogP contribution in [0.25, 0.3) is 11.0 Å². The number of aliphatic hydroxyl groups is 4. The van der Waals surface area contributed by atoms with Crippen molar-refractivity contribution in [1.82, 2.24) is 5.32 Å². The number of carbonyl (C=O) groups is 2. The van der Waals surface area contributed by atoms with Gasteiger partial charge in [-0.05, 0) is 24.6 Å². The van der Waals surface area contributed by atoms with Crippen LogP contribution in [0.5, 0.6) is 5.75 Å². The SMILES string of the molecule is CC(=O)NC1C(O)C[C@](Oc2ccc3c(C)cc(=O)oc3c2)(C(=O)[O-])OC1C(O)C(O)CO.[Na+]. The molecule has 12 nitrogen and oxygen atoms in total. The van der Waals surface area contributed by atoms with Crippen molar-refractivity contribution in [2.45, 2.75) is 56.5 Å². The van der Waals surface area contributed by atoms with Crippen molar-refractivity contribution in [2.75, 3.05) is 6.61 Å². The fraction of sp³-hybridized carbons (Fsp3) is 0.476. The van der Waals surface area contributed by atoms with Crippen molar-refractivity contribution in [3.05, 3.63) is 40.2 Å². The molecule has 0 saturated carbocycles. The molecule has 2 aromatic rings. The molecule has 5 unspecified atom stereocenters. The van der Waals surface area contributed by atoms with Crippen molar-refractivity contribution < 1.29 is 78.6 Å². The third kappa shape index (κ3) is 5.78. The van der Waals surface area contributed by atoms with Crippen molar-refractivity contribution in [3.8, 4) is 5.75 Å². The summed E-state index contributed by atoms with van der Waals surface area (Å²) in [7, 11) is 0. The van der Waals surface area contributed by atoms with Gasteiger partial charge in [0.2, 0.25) is 5.91 Å². The third-order valence-corrected chi connectivity index (χ3v) is 5.38. The van der Waals surface area contributed by atoms with Crippen LogP contribution in [0.4, 0.5) is 0 Å². The molecule has 0 bridgehead atoms. The number of ether oxygens (including phenoxy) is 2. The molecule has 1 saturated heterocycles. The Kier molecular flexibility index (Phi) is 9.24. The summed E-state index contributed by atoms with van der Waals surface area (Å²) in [6.07, 6.45) is -7.76. The summed E-state index contributed by atoms with van der Waals surface area (Å²) in [4.78, 5) is 35.4. The van der Waals surface area contributed by atoms with Crippen LogP contribution in [-0.2, 0) is 14.3 Å². The number of nitrogens with one attached hydrogen (secondary N) is 1. The van der Waals surface area contributed by atoms with Gasteiger partial charge in [0.15, 0.2) is 0 Å².